The summed E-state index contributed by atoms with van der Waals surface area (Å²) < 4.78 is 16.5. The number of hydrogen-bond donors (Lipinski definition) is 1. The van der Waals surface area contributed by atoms with Crippen LogP contribution in [0.3, 0.4) is 0 Å². The fourth-order valence-corrected chi connectivity index (χ4v) is 2.39. The molecule has 0 bridgehead atoms. The Morgan fingerprint density at radius 1 is 1.45 bits per heavy atom. The Morgan fingerprint density at radius 3 is 2.80 bits per heavy atom. The van der Waals surface area contributed by atoms with Crippen LogP contribution in [-0.4, -0.2) is 25.7 Å². The number of aryl methyl sites for hydroxylation is 1. The van der Waals surface area contributed by atoms with E-state index in [2.05, 4.69) is 6.92 Å². The molecule has 1 aromatic heterocycles. The maximum absolute atomic E-state index is 11.5. The zero-order valence-electron chi connectivity index (χ0n) is 11.6. The van der Waals surface area contributed by atoms with Crippen molar-refractivity contribution >= 4 is 16.9 Å². The number of hydrogen-bond acceptors (Lipinski definition) is 4. The van der Waals surface area contributed by atoms with Crippen LogP contribution in [0.15, 0.2) is 22.6 Å². The summed E-state index contributed by atoms with van der Waals surface area (Å²) in [4.78, 5) is 11.5. The lowest BCUT2D eigenvalue weighted by atomic mass is 9.90. The van der Waals surface area contributed by atoms with Gasteiger partial charge in [0.2, 0.25) is 0 Å². The van der Waals surface area contributed by atoms with E-state index < -0.39 is 5.91 Å². The van der Waals surface area contributed by atoms with Gasteiger partial charge in [0.05, 0.1) is 25.4 Å². The van der Waals surface area contributed by atoms with Gasteiger partial charge in [0.15, 0.2) is 0 Å². The van der Waals surface area contributed by atoms with E-state index in [9.17, 15) is 4.79 Å². The molecule has 5 heteroatoms. The van der Waals surface area contributed by atoms with Crippen LogP contribution in [0.4, 0.5) is 0 Å². The van der Waals surface area contributed by atoms with Crippen LogP contribution in [0.1, 0.15) is 23.0 Å². The fourth-order valence-electron chi connectivity index (χ4n) is 2.39. The van der Waals surface area contributed by atoms with Crippen LogP contribution in [-0.2, 0) is 4.74 Å². The van der Waals surface area contributed by atoms with Gasteiger partial charge in [0.1, 0.15) is 17.1 Å². The first-order chi connectivity index (χ1) is 9.48. The quantitative estimate of drug-likeness (QED) is 0.928. The lowest BCUT2D eigenvalue weighted by Gasteiger charge is -2.37. The molecule has 1 fully saturated rings. The van der Waals surface area contributed by atoms with Crippen molar-refractivity contribution in [2.45, 2.75) is 13.8 Å². The number of furan rings is 1. The topological polar surface area (TPSA) is 74.7 Å². The van der Waals surface area contributed by atoms with Crippen molar-refractivity contribution in [3.63, 3.8) is 0 Å². The van der Waals surface area contributed by atoms with Gasteiger partial charge in [-0.3, -0.25) is 4.79 Å². The Balaban J connectivity index is 1.89. The predicted octanol–water partition coefficient (Wildman–Crippen LogP) is 2.26. The highest BCUT2D eigenvalue weighted by Gasteiger charge is 2.34. The summed E-state index contributed by atoms with van der Waals surface area (Å²) in [7, 11) is 0. The molecule has 2 aromatic rings. The zero-order chi connectivity index (χ0) is 14.3. The second-order valence-electron chi connectivity index (χ2n) is 5.65. The van der Waals surface area contributed by atoms with Gasteiger partial charge >= 0.3 is 0 Å². The molecule has 1 saturated heterocycles. The molecule has 1 aromatic carbocycles. The van der Waals surface area contributed by atoms with Crippen molar-refractivity contribution < 1.29 is 18.7 Å². The molecular formula is C15H17NO4. The Bertz CT molecular complexity index is 670. The van der Waals surface area contributed by atoms with Crippen molar-refractivity contribution in [2.75, 3.05) is 19.8 Å². The highest BCUT2D eigenvalue weighted by atomic mass is 16.5. The monoisotopic (exact) mass is 275 g/mol. The van der Waals surface area contributed by atoms with Crippen LogP contribution in [0.2, 0.25) is 0 Å². The standard InChI is InChI=1S/C15H17NO4/c1-9-13(14(16)17)11-5-10(3-4-12(11)20-9)19-8-15(2)6-18-7-15/h3-5H,6-8H2,1-2H3,(H2,16,17). The van der Waals surface area contributed by atoms with E-state index in [1.165, 1.54) is 0 Å². The second kappa shape index (κ2) is 4.52. The molecule has 5 nitrogen and oxygen atoms in total. The maximum Gasteiger partial charge on any atom is 0.252 e. The second-order valence-corrected chi connectivity index (χ2v) is 5.65. The Morgan fingerprint density at radius 2 is 2.20 bits per heavy atom. The molecule has 0 spiro atoms. The molecule has 2 heterocycles. The summed E-state index contributed by atoms with van der Waals surface area (Å²) in [6.45, 7) is 5.86. The first-order valence-electron chi connectivity index (χ1n) is 6.52. The van der Waals surface area contributed by atoms with Crippen molar-refractivity contribution in [3.8, 4) is 5.75 Å². The smallest absolute Gasteiger partial charge is 0.252 e. The number of carbonyl (C=O) groups excluding carboxylic acids is 1. The van der Waals surface area contributed by atoms with E-state index in [-0.39, 0.29) is 5.41 Å². The fraction of sp³-hybridized carbons (Fsp3) is 0.400. The molecule has 0 radical (unpaired) electrons. The lowest BCUT2D eigenvalue weighted by molar-refractivity contribution is -0.120. The van der Waals surface area contributed by atoms with Crippen LogP contribution in [0.5, 0.6) is 5.75 Å². The van der Waals surface area contributed by atoms with Crippen molar-refractivity contribution in [3.05, 3.63) is 29.5 Å². The third-order valence-corrected chi connectivity index (χ3v) is 3.57. The number of benzene rings is 1. The van der Waals surface area contributed by atoms with Gasteiger partial charge in [-0.15, -0.1) is 0 Å². The van der Waals surface area contributed by atoms with Crippen LogP contribution < -0.4 is 10.5 Å². The highest BCUT2D eigenvalue weighted by Crippen LogP contribution is 2.31. The molecular weight excluding hydrogens is 258 g/mol. The van der Waals surface area contributed by atoms with Crippen molar-refractivity contribution in [2.24, 2.45) is 11.1 Å². The first-order valence-corrected chi connectivity index (χ1v) is 6.52. The van der Waals surface area contributed by atoms with Gasteiger partial charge in [-0.2, -0.15) is 0 Å². The number of primary amides is 1. The van der Waals surface area contributed by atoms with E-state index in [0.717, 1.165) is 0 Å². The van der Waals surface area contributed by atoms with Gasteiger partial charge in [0, 0.05) is 10.8 Å². The zero-order valence-corrected chi connectivity index (χ0v) is 11.6. The molecule has 106 valence electrons. The number of nitrogens with two attached hydrogens (primary N) is 1. The van der Waals surface area contributed by atoms with Crippen molar-refractivity contribution in [1.82, 2.24) is 0 Å². The van der Waals surface area contributed by atoms with E-state index >= 15 is 0 Å². The van der Waals surface area contributed by atoms with Crippen molar-refractivity contribution in [1.29, 1.82) is 0 Å². The first kappa shape index (κ1) is 13.0. The lowest BCUT2D eigenvalue weighted by Crippen LogP contribution is -2.44. The highest BCUT2D eigenvalue weighted by molar-refractivity contribution is 6.06. The normalized spacial score (nSPS) is 16.9. The minimum Gasteiger partial charge on any atom is -0.493 e. The Kier molecular flexibility index (Phi) is 2.94. The van der Waals surface area contributed by atoms with E-state index in [0.29, 0.717) is 47.9 Å². The van der Waals surface area contributed by atoms with E-state index in [1.54, 1.807) is 19.1 Å². The molecule has 1 aliphatic rings. The SMILES string of the molecule is Cc1oc2ccc(OCC3(C)COC3)cc2c1C(N)=O. The van der Waals surface area contributed by atoms with Gasteiger partial charge in [-0.25, -0.2) is 0 Å². The predicted molar refractivity (Wildman–Crippen MR) is 73.9 cm³/mol. The summed E-state index contributed by atoms with van der Waals surface area (Å²) >= 11 is 0. The summed E-state index contributed by atoms with van der Waals surface area (Å²) in [5.41, 5.74) is 6.53. The number of ether oxygens (including phenoxy) is 2. The largest absolute Gasteiger partial charge is 0.493 e. The van der Waals surface area contributed by atoms with Gasteiger partial charge in [-0.1, -0.05) is 6.92 Å². The van der Waals surface area contributed by atoms with Gasteiger partial charge < -0.3 is 19.6 Å². The average Bonchev–Trinajstić information content (AvgIpc) is 2.69. The average molecular weight is 275 g/mol. The van der Waals surface area contributed by atoms with E-state index in [4.69, 9.17) is 19.6 Å². The maximum atomic E-state index is 11.5. The number of amides is 1. The third kappa shape index (κ3) is 2.14. The number of fused-ring (bicyclic) bond motifs is 1. The molecule has 0 saturated carbocycles. The Labute approximate surface area is 116 Å². The molecule has 2 N–H and O–H groups in total. The number of rotatable bonds is 4. The Hall–Kier alpha value is -2.01. The van der Waals surface area contributed by atoms with Crippen LogP contribution >= 0.6 is 0 Å². The molecule has 1 amide bonds. The molecule has 0 unspecified atom stereocenters. The summed E-state index contributed by atoms with van der Waals surface area (Å²) in [5.74, 6) is 0.746. The summed E-state index contributed by atoms with van der Waals surface area (Å²) in [6.07, 6.45) is 0. The molecule has 20 heavy (non-hydrogen) atoms. The third-order valence-electron chi connectivity index (χ3n) is 3.57. The number of carbonyl (C=O) groups is 1. The molecule has 3 rings (SSSR count). The summed E-state index contributed by atoms with van der Waals surface area (Å²) in [5, 5.41) is 0.697. The summed E-state index contributed by atoms with van der Waals surface area (Å²) in [6, 6.07) is 5.43. The van der Waals surface area contributed by atoms with Crippen LogP contribution in [0.25, 0.3) is 11.0 Å². The van der Waals surface area contributed by atoms with Crippen LogP contribution in [0, 0.1) is 12.3 Å². The minimum absolute atomic E-state index is 0.0772. The van der Waals surface area contributed by atoms with Gasteiger partial charge in [0.25, 0.3) is 5.91 Å². The molecule has 1 aliphatic heterocycles. The minimum atomic E-state index is -0.488. The van der Waals surface area contributed by atoms with E-state index in [1.807, 2.05) is 6.07 Å². The molecule has 0 atom stereocenters. The molecule has 0 aliphatic carbocycles. The van der Waals surface area contributed by atoms with Gasteiger partial charge in [-0.05, 0) is 25.1 Å².